The van der Waals surface area contributed by atoms with Crippen LogP contribution in [-0.2, 0) is 33.2 Å². The van der Waals surface area contributed by atoms with Crippen LogP contribution in [0.2, 0.25) is 0 Å². The van der Waals surface area contributed by atoms with Crippen LogP contribution in [0.4, 0.5) is 0 Å². The first-order chi connectivity index (χ1) is 22.7. The SMILES string of the molecule is O=C(OCCOCCOCCO)c1ccc(C=Cc2ccc(OCCOCCOCCO)c(OCCOCCOCCO)c2)cc1. The average Bonchev–Trinajstić information content (AvgIpc) is 3.08. The van der Waals surface area contributed by atoms with Crippen LogP contribution in [0.1, 0.15) is 21.5 Å². The summed E-state index contributed by atoms with van der Waals surface area (Å²) in [5.74, 6) is 0.676. The van der Waals surface area contributed by atoms with Gasteiger partial charge in [0.2, 0.25) is 0 Å². The molecular formula is C33H48O13. The number of ether oxygens (including phenoxy) is 9. The van der Waals surface area contributed by atoms with Crippen LogP contribution >= 0.6 is 0 Å². The predicted octanol–water partition coefficient (Wildman–Crippen LogP) is 1.85. The standard InChI is InChI=1S/C33H48O13/c34-9-12-38-15-18-41-21-24-44-31-8-5-29(27-32(31)45-25-22-42-19-16-39-13-10-35)2-1-28-3-6-30(7-4-28)33(37)46-26-23-43-20-17-40-14-11-36/h1-8,27,34-36H,9-26H2. The molecule has 0 aliphatic rings. The Bertz CT molecular complexity index is 1060. The molecule has 0 amide bonds. The number of esters is 1. The lowest BCUT2D eigenvalue weighted by Gasteiger charge is -2.14. The predicted molar refractivity (Wildman–Crippen MR) is 169 cm³/mol. The van der Waals surface area contributed by atoms with Crippen molar-refractivity contribution >= 4 is 18.1 Å². The van der Waals surface area contributed by atoms with Crippen LogP contribution in [0.25, 0.3) is 12.2 Å². The van der Waals surface area contributed by atoms with Crippen LogP contribution in [0.15, 0.2) is 42.5 Å². The third-order valence-corrected chi connectivity index (χ3v) is 5.84. The van der Waals surface area contributed by atoms with E-state index in [9.17, 15) is 4.79 Å². The minimum absolute atomic E-state index is 0.0228. The molecule has 13 nitrogen and oxygen atoms in total. The van der Waals surface area contributed by atoms with Crippen molar-refractivity contribution in [3.8, 4) is 11.5 Å². The Hall–Kier alpha value is -3.11. The van der Waals surface area contributed by atoms with Crippen molar-refractivity contribution in [1.29, 1.82) is 0 Å². The second-order valence-electron chi connectivity index (χ2n) is 9.34. The molecule has 13 heteroatoms. The van der Waals surface area contributed by atoms with Gasteiger partial charge >= 0.3 is 5.97 Å². The molecule has 0 saturated heterocycles. The number of carbonyl (C=O) groups excluding carboxylic acids is 1. The van der Waals surface area contributed by atoms with Crippen molar-refractivity contribution in [3.63, 3.8) is 0 Å². The molecule has 0 radical (unpaired) electrons. The summed E-state index contributed by atoms with van der Waals surface area (Å²) in [6.07, 6.45) is 3.85. The van der Waals surface area contributed by atoms with Gasteiger partial charge in [0.1, 0.15) is 19.8 Å². The number of aliphatic hydroxyl groups is 3. The van der Waals surface area contributed by atoms with Gasteiger partial charge in [0.05, 0.1) is 105 Å². The summed E-state index contributed by atoms with van der Waals surface area (Å²) in [7, 11) is 0. The minimum Gasteiger partial charge on any atom is -0.487 e. The van der Waals surface area contributed by atoms with Crippen LogP contribution in [0, 0.1) is 0 Å². The van der Waals surface area contributed by atoms with Gasteiger partial charge in [-0.15, -0.1) is 0 Å². The van der Waals surface area contributed by atoms with Gasteiger partial charge in [-0.1, -0.05) is 30.4 Å². The van der Waals surface area contributed by atoms with Gasteiger partial charge in [0, 0.05) is 0 Å². The molecule has 2 aromatic rings. The second kappa shape index (κ2) is 27.0. The van der Waals surface area contributed by atoms with Gasteiger partial charge in [0.15, 0.2) is 11.5 Å². The highest BCUT2D eigenvalue weighted by atomic mass is 16.6. The Labute approximate surface area is 270 Å². The summed E-state index contributed by atoms with van der Waals surface area (Å²) in [6, 6.07) is 12.7. The van der Waals surface area contributed by atoms with Gasteiger partial charge in [0.25, 0.3) is 0 Å². The maximum atomic E-state index is 12.3. The van der Waals surface area contributed by atoms with E-state index in [0.29, 0.717) is 83.1 Å². The molecule has 0 aliphatic heterocycles. The molecule has 2 aromatic carbocycles. The first kappa shape index (κ1) is 39.1. The Balaban J connectivity index is 1.86. The summed E-state index contributed by atoms with van der Waals surface area (Å²) >= 11 is 0. The molecule has 3 N–H and O–H groups in total. The topological polar surface area (TPSA) is 161 Å². The zero-order valence-electron chi connectivity index (χ0n) is 26.3. The zero-order valence-corrected chi connectivity index (χ0v) is 26.3. The highest BCUT2D eigenvalue weighted by Crippen LogP contribution is 2.29. The highest BCUT2D eigenvalue weighted by Gasteiger charge is 2.08. The number of benzene rings is 2. The van der Waals surface area contributed by atoms with Crippen molar-refractivity contribution in [2.75, 3.05) is 119 Å². The largest absolute Gasteiger partial charge is 0.487 e. The molecule has 0 unspecified atom stereocenters. The molecule has 0 aliphatic carbocycles. The Morgan fingerprint density at radius 3 is 1.41 bits per heavy atom. The highest BCUT2D eigenvalue weighted by molar-refractivity contribution is 5.89. The fourth-order valence-corrected chi connectivity index (χ4v) is 3.64. The van der Waals surface area contributed by atoms with E-state index >= 15 is 0 Å². The maximum absolute atomic E-state index is 12.3. The van der Waals surface area contributed by atoms with E-state index in [4.69, 9.17) is 58.0 Å². The van der Waals surface area contributed by atoms with Crippen molar-refractivity contribution in [2.45, 2.75) is 0 Å². The molecule has 2 rings (SSSR count). The van der Waals surface area contributed by atoms with Crippen molar-refractivity contribution in [3.05, 3.63) is 59.2 Å². The third-order valence-electron chi connectivity index (χ3n) is 5.84. The molecule has 46 heavy (non-hydrogen) atoms. The number of aliphatic hydroxyl groups excluding tert-OH is 3. The molecule has 258 valence electrons. The quantitative estimate of drug-likeness (QED) is 0.0664. The number of hydrogen-bond acceptors (Lipinski definition) is 13. The summed E-state index contributed by atoms with van der Waals surface area (Å²) in [6.45, 7) is 4.75. The van der Waals surface area contributed by atoms with E-state index in [-0.39, 0.29) is 52.9 Å². The number of rotatable bonds is 29. The van der Waals surface area contributed by atoms with Gasteiger partial charge in [-0.05, 0) is 35.4 Å². The van der Waals surface area contributed by atoms with Crippen LogP contribution in [0.3, 0.4) is 0 Å². The normalized spacial score (nSPS) is 11.3. The van der Waals surface area contributed by atoms with Gasteiger partial charge in [-0.25, -0.2) is 4.79 Å². The van der Waals surface area contributed by atoms with Crippen molar-refractivity contribution in [2.24, 2.45) is 0 Å². The first-order valence-electron chi connectivity index (χ1n) is 15.3. The molecular weight excluding hydrogens is 604 g/mol. The molecule has 0 bridgehead atoms. The monoisotopic (exact) mass is 652 g/mol. The summed E-state index contributed by atoms with van der Waals surface area (Å²) in [5, 5.41) is 26.2. The maximum Gasteiger partial charge on any atom is 0.338 e. The van der Waals surface area contributed by atoms with E-state index in [1.807, 2.05) is 42.5 Å². The summed E-state index contributed by atoms with van der Waals surface area (Å²) in [4.78, 5) is 12.3. The van der Waals surface area contributed by atoms with Gasteiger partial charge in [-0.2, -0.15) is 0 Å². The molecule has 0 saturated carbocycles. The molecule has 0 fully saturated rings. The fraction of sp³-hybridized carbons (Fsp3) is 0.545. The third kappa shape index (κ3) is 18.8. The molecule has 0 aromatic heterocycles. The van der Waals surface area contributed by atoms with Gasteiger partial charge in [-0.3, -0.25) is 0 Å². The van der Waals surface area contributed by atoms with Crippen molar-refractivity contribution < 1.29 is 62.7 Å². The number of hydrogen-bond donors (Lipinski definition) is 3. The van der Waals surface area contributed by atoms with E-state index in [1.165, 1.54) is 0 Å². The second-order valence-corrected chi connectivity index (χ2v) is 9.34. The Morgan fingerprint density at radius 2 is 0.891 bits per heavy atom. The lowest BCUT2D eigenvalue weighted by Crippen LogP contribution is -2.13. The van der Waals surface area contributed by atoms with Crippen molar-refractivity contribution in [1.82, 2.24) is 0 Å². The van der Waals surface area contributed by atoms with E-state index in [0.717, 1.165) is 11.1 Å². The smallest absolute Gasteiger partial charge is 0.338 e. The molecule has 0 atom stereocenters. The Morgan fingerprint density at radius 1 is 0.478 bits per heavy atom. The van der Waals surface area contributed by atoms with E-state index in [2.05, 4.69) is 0 Å². The Kier molecular flexibility index (Phi) is 23.0. The summed E-state index contributed by atoms with van der Waals surface area (Å²) in [5.41, 5.74) is 2.20. The van der Waals surface area contributed by atoms with Crippen LogP contribution < -0.4 is 9.47 Å². The lowest BCUT2D eigenvalue weighted by atomic mass is 10.1. The zero-order chi connectivity index (χ0) is 32.9. The first-order valence-corrected chi connectivity index (χ1v) is 15.3. The summed E-state index contributed by atoms with van der Waals surface area (Å²) < 4.78 is 48.9. The average molecular weight is 653 g/mol. The van der Waals surface area contributed by atoms with Crippen LogP contribution in [-0.4, -0.2) is 140 Å². The lowest BCUT2D eigenvalue weighted by molar-refractivity contribution is 0.00920. The molecule has 0 spiro atoms. The van der Waals surface area contributed by atoms with Crippen LogP contribution in [0.5, 0.6) is 11.5 Å². The van der Waals surface area contributed by atoms with E-state index < -0.39 is 5.97 Å². The molecule has 0 heterocycles. The van der Waals surface area contributed by atoms with Gasteiger partial charge < -0.3 is 58.0 Å². The number of carbonyl (C=O) groups is 1. The van der Waals surface area contributed by atoms with E-state index in [1.54, 1.807) is 12.1 Å². The minimum atomic E-state index is -0.435. The fourth-order valence-electron chi connectivity index (χ4n) is 3.64.